The Morgan fingerprint density at radius 2 is 1.75 bits per heavy atom. The Balaban J connectivity index is 0.00000280. The molecule has 2 heterocycles. The number of amides is 1. The second-order valence-electron chi connectivity index (χ2n) is 6.74. The van der Waals surface area contributed by atoms with Gasteiger partial charge in [-0.15, -0.1) is 35.3 Å². The first kappa shape index (κ1) is 22.7. The molecule has 1 aliphatic heterocycles. The van der Waals surface area contributed by atoms with E-state index in [2.05, 4.69) is 58.9 Å². The standard InChI is InChI=1S/C21H28N4OS.HI/c1-3-18-10-11-19(27-18)14-24-21(22-2)23-13-16-6-8-17(9-7-16)15-25-12-4-5-20(25)26;/h6-11H,3-5,12-15H2,1-2H3,(H2,22,23,24);1H. The highest BCUT2D eigenvalue weighted by atomic mass is 127. The molecule has 3 rings (SSSR count). The van der Waals surface area contributed by atoms with Crippen molar-refractivity contribution in [1.29, 1.82) is 0 Å². The highest BCUT2D eigenvalue weighted by Crippen LogP contribution is 2.16. The van der Waals surface area contributed by atoms with E-state index in [1.54, 1.807) is 7.05 Å². The normalized spacial score (nSPS) is 14.1. The van der Waals surface area contributed by atoms with Gasteiger partial charge in [-0.25, -0.2) is 0 Å². The van der Waals surface area contributed by atoms with Gasteiger partial charge in [0.25, 0.3) is 0 Å². The van der Waals surface area contributed by atoms with Gasteiger partial charge in [-0.1, -0.05) is 31.2 Å². The van der Waals surface area contributed by atoms with Crippen LogP contribution < -0.4 is 10.6 Å². The Morgan fingerprint density at radius 3 is 2.36 bits per heavy atom. The van der Waals surface area contributed by atoms with Crippen LogP contribution in [0, 0.1) is 0 Å². The fourth-order valence-corrected chi connectivity index (χ4v) is 4.04. The monoisotopic (exact) mass is 512 g/mol. The third kappa shape index (κ3) is 6.48. The molecule has 0 aliphatic carbocycles. The molecule has 7 heteroatoms. The fourth-order valence-electron chi connectivity index (χ4n) is 3.14. The first-order valence-corrected chi connectivity index (χ1v) is 10.4. The molecule has 0 saturated carbocycles. The molecule has 2 aromatic rings. The van der Waals surface area contributed by atoms with Crippen LogP contribution in [0.5, 0.6) is 0 Å². The molecule has 0 atom stereocenters. The van der Waals surface area contributed by atoms with Crippen molar-refractivity contribution in [3.63, 3.8) is 0 Å². The van der Waals surface area contributed by atoms with Crippen molar-refractivity contribution in [1.82, 2.24) is 15.5 Å². The minimum absolute atomic E-state index is 0. The van der Waals surface area contributed by atoms with Crippen LogP contribution in [0.3, 0.4) is 0 Å². The molecule has 28 heavy (non-hydrogen) atoms. The molecule has 1 aliphatic rings. The topological polar surface area (TPSA) is 56.7 Å². The van der Waals surface area contributed by atoms with Crippen molar-refractivity contribution >= 4 is 47.2 Å². The molecule has 1 amide bonds. The van der Waals surface area contributed by atoms with Gasteiger partial charge >= 0.3 is 0 Å². The van der Waals surface area contributed by atoms with Crippen LogP contribution in [0.15, 0.2) is 41.4 Å². The zero-order chi connectivity index (χ0) is 19.1. The predicted molar refractivity (Wildman–Crippen MR) is 127 cm³/mol. The van der Waals surface area contributed by atoms with Gasteiger partial charge in [0.15, 0.2) is 5.96 Å². The SMILES string of the molecule is CCc1ccc(CNC(=NC)NCc2ccc(CN3CCCC3=O)cc2)s1.I. The lowest BCUT2D eigenvalue weighted by Gasteiger charge is -2.16. The zero-order valence-electron chi connectivity index (χ0n) is 16.5. The maximum Gasteiger partial charge on any atom is 0.222 e. The van der Waals surface area contributed by atoms with Gasteiger partial charge in [0.1, 0.15) is 0 Å². The van der Waals surface area contributed by atoms with Crippen molar-refractivity contribution in [2.45, 2.75) is 45.8 Å². The second-order valence-corrected chi connectivity index (χ2v) is 7.99. The minimum atomic E-state index is 0. The number of likely N-dealkylation sites (tertiary alicyclic amines) is 1. The van der Waals surface area contributed by atoms with E-state index in [0.717, 1.165) is 38.4 Å². The van der Waals surface area contributed by atoms with Gasteiger partial charge in [0, 0.05) is 42.9 Å². The summed E-state index contributed by atoms with van der Waals surface area (Å²) in [6, 6.07) is 12.8. The number of thiophene rings is 1. The van der Waals surface area contributed by atoms with Crippen molar-refractivity contribution in [3.05, 3.63) is 57.3 Å². The summed E-state index contributed by atoms with van der Waals surface area (Å²) in [5, 5.41) is 6.72. The Kier molecular flexibility index (Phi) is 9.24. The van der Waals surface area contributed by atoms with E-state index in [4.69, 9.17) is 0 Å². The Hall–Kier alpha value is -1.61. The van der Waals surface area contributed by atoms with Crippen molar-refractivity contribution in [2.24, 2.45) is 4.99 Å². The van der Waals surface area contributed by atoms with E-state index in [0.29, 0.717) is 13.0 Å². The quantitative estimate of drug-likeness (QED) is 0.336. The smallest absolute Gasteiger partial charge is 0.222 e. The molecule has 0 unspecified atom stereocenters. The zero-order valence-corrected chi connectivity index (χ0v) is 19.7. The van der Waals surface area contributed by atoms with Crippen LogP contribution in [0.1, 0.15) is 40.6 Å². The largest absolute Gasteiger partial charge is 0.352 e. The number of aryl methyl sites for hydroxylation is 1. The molecular weight excluding hydrogens is 483 g/mol. The molecule has 0 spiro atoms. The molecule has 5 nitrogen and oxygen atoms in total. The van der Waals surface area contributed by atoms with Gasteiger partial charge in [-0.3, -0.25) is 9.79 Å². The number of rotatable bonds is 7. The molecule has 1 fully saturated rings. The summed E-state index contributed by atoms with van der Waals surface area (Å²) in [6.45, 7) is 5.28. The highest BCUT2D eigenvalue weighted by Gasteiger charge is 2.19. The average Bonchev–Trinajstić information content (AvgIpc) is 3.32. The van der Waals surface area contributed by atoms with E-state index in [-0.39, 0.29) is 29.9 Å². The third-order valence-electron chi connectivity index (χ3n) is 4.75. The number of guanidine groups is 1. The fraction of sp³-hybridized carbons (Fsp3) is 0.429. The Morgan fingerprint density at radius 1 is 1.07 bits per heavy atom. The van der Waals surface area contributed by atoms with Crippen LogP contribution in [0.2, 0.25) is 0 Å². The van der Waals surface area contributed by atoms with Gasteiger partial charge in [-0.05, 0) is 36.1 Å². The molecule has 0 radical (unpaired) electrons. The third-order valence-corrected chi connectivity index (χ3v) is 5.98. The van der Waals surface area contributed by atoms with Crippen molar-refractivity contribution in [2.75, 3.05) is 13.6 Å². The minimum Gasteiger partial charge on any atom is -0.352 e. The molecule has 152 valence electrons. The van der Waals surface area contributed by atoms with Crippen LogP contribution >= 0.6 is 35.3 Å². The van der Waals surface area contributed by atoms with Gasteiger partial charge in [-0.2, -0.15) is 0 Å². The second kappa shape index (κ2) is 11.4. The maximum atomic E-state index is 11.7. The number of carbonyl (C=O) groups is 1. The van der Waals surface area contributed by atoms with E-state index < -0.39 is 0 Å². The van der Waals surface area contributed by atoms with E-state index in [1.165, 1.54) is 20.9 Å². The van der Waals surface area contributed by atoms with Crippen molar-refractivity contribution < 1.29 is 4.79 Å². The lowest BCUT2D eigenvalue weighted by atomic mass is 10.1. The van der Waals surface area contributed by atoms with E-state index in [9.17, 15) is 4.79 Å². The number of nitrogens with one attached hydrogen (secondary N) is 2. The van der Waals surface area contributed by atoms with Gasteiger partial charge < -0.3 is 15.5 Å². The number of aliphatic imine (C=N–C) groups is 1. The van der Waals surface area contributed by atoms with E-state index in [1.807, 2.05) is 16.2 Å². The summed E-state index contributed by atoms with van der Waals surface area (Å²) in [5.74, 6) is 1.07. The number of halogens is 1. The molecule has 0 bridgehead atoms. The van der Waals surface area contributed by atoms with Crippen LogP contribution in [0.25, 0.3) is 0 Å². The molecule has 2 N–H and O–H groups in total. The first-order valence-electron chi connectivity index (χ1n) is 9.55. The van der Waals surface area contributed by atoms with Crippen LogP contribution in [-0.4, -0.2) is 30.4 Å². The average molecular weight is 512 g/mol. The summed E-state index contributed by atoms with van der Waals surface area (Å²) < 4.78 is 0. The number of benzene rings is 1. The summed E-state index contributed by atoms with van der Waals surface area (Å²) in [4.78, 5) is 20.7. The Labute approximate surface area is 188 Å². The lowest BCUT2D eigenvalue weighted by Crippen LogP contribution is -2.36. The number of hydrogen-bond acceptors (Lipinski definition) is 3. The molecule has 1 aromatic carbocycles. The molecule has 1 aromatic heterocycles. The maximum absolute atomic E-state index is 11.7. The predicted octanol–water partition coefficient (Wildman–Crippen LogP) is 3.92. The highest BCUT2D eigenvalue weighted by molar-refractivity contribution is 14.0. The Bertz CT molecular complexity index is 788. The summed E-state index contributed by atoms with van der Waals surface area (Å²) >= 11 is 1.84. The summed E-state index contributed by atoms with van der Waals surface area (Å²) in [6.07, 6.45) is 2.76. The van der Waals surface area contributed by atoms with Gasteiger partial charge in [0.05, 0.1) is 6.54 Å². The number of hydrogen-bond donors (Lipinski definition) is 2. The van der Waals surface area contributed by atoms with Crippen molar-refractivity contribution in [3.8, 4) is 0 Å². The summed E-state index contributed by atoms with van der Waals surface area (Å²) in [5.41, 5.74) is 2.37. The summed E-state index contributed by atoms with van der Waals surface area (Å²) in [7, 11) is 1.79. The molecular formula is C21H29IN4OS. The van der Waals surface area contributed by atoms with E-state index >= 15 is 0 Å². The van der Waals surface area contributed by atoms with Crippen LogP contribution in [0.4, 0.5) is 0 Å². The lowest BCUT2D eigenvalue weighted by molar-refractivity contribution is -0.128. The van der Waals surface area contributed by atoms with Gasteiger partial charge in [0.2, 0.25) is 5.91 Å². The number of carbonyl (C=O) groups excluding carboxylic acids is 1. The van der Waals surface area contributed by atoms with Crippen LogP contribution in [-0.2, 0) is 30.8 Å². The number of nitrogens with zero attached hydrogens (tertiary/aromatic N) is 2. The molecule has 1 saturated heterocycles. The first-order chi connectivity index (χ1) is 13.2.